The number of nitrogens with zero attached hydrogens (tertiary/aromatic N) is 1. The topological polar surface area (TPSA) is 64.4 Å². The Morgan fingerprint density at radius 1 is 1.20 bits per heavy atom. The van der Waals surface area contributed by atoms with Crippen molar-refractivity contribution in [2.24, 2.45) is 5.10 Å². The van der Waals surface area contributed by atoms with Crippen molar-refractivity contribution in [2.45, 2.75) is 39.5 Å². The van der Waals surface area contributed by atoms with E-state index in [1.807, 2.05) is 25.1 Å². The Labute approximate surface area is 150 Å². The molecule has 138 valence electrons. The van der Waals surface area contributed by atoms with E-state index in [0.717, 1.165) is 30.8 Å². The van der Waals surface area contributed by atoms with Gasteiger partial charge in [0.25, 0.3) is 5.91 Å². The molecule has 6 heteroatoms. The van der Waals surface area contributed by atoms with Gasteiger partial charge in [0.2, 0.25) is 0 Å². The number of carbonyl (C=O) groups excluding carboxylic acids is 1. The number of hydrogen-bond acceptors (Lipinski definition) is 4. The molecule has 0 bridgehead atoms. The Morgan fingerprint density at radius 3 is 2.72 bits per heavy atom. The molecule has 0 atom stereocenters. The van der Waals surface area contributed by atoms with Crippen molar-refractivity contribution in [2.75, 3.05) is 32.8 Å². The quantitative estimate of drug-likeness (QED) is 0.524. The number of quaternary nitrogens is 1. The molecule has 0 radical (unpaired) electrons. The number of hydrogen-bond donors (Lipinski definition) is 2. The van der Waals surface area contributed by atoms with Crippen LogP contribution in [0, 0.1) is 0 Å². The van der Waals surface area contributed by atoms with Gasteiger partial charge in [0.15, 0.2) is 18.0 Å². The third kappa shape index (κ3) is 6.74. The fraction of sp³-hybridized carbons (Fsp3) is 0.579. The molecule has 0 unspecified atom stereocenters. The summed E-state index contributed by atoms with van der Waals surface area (Å²) in [7, 11) is 0. The lowest BCUT2D eigenvalue weighted by Gasteiger charge is -2.22. The second-order valence-electron chi connectivity index (χ2n) is 6.27. The standard InChI is InChI=1S/C19H29N3O3/c1-3-12-25-17-9-8-16(13-18(17)24-4-2)14-20-21-19(23)15-22-10-6-5-7-11-22/h8-9,13-14H,3-7,10-12,15H2,1-2H3,(H,21,23)/p+1/b20-14-. The first kappa shape index (κ1) is 19.2. The smallest absolute Gasteiger partial charge is 0.295 e. The maximum absolute atomic E-state index is 12.0. The van der Waals surface area contributed by atoms with Gasteiger partial charge in [-0.2, -0.15) is 5.10 Å². The zero-order chi connectivity index (χ0) is 17.9. The van der Waals surface area contributed by atoms with Crippen LogP contribution in [-0.2, 0) is 4.79 Å². The number of rotatable bonds is 9. The Bertz CT molecular complexity index is 569. The summed E-state index contributed by atoms with van der Waals surface area (Å²) in [6, 6.07) is 5.65. The maximum Gasteiger partial charge on any atom is 0.295 e. The highest BCUT2D eigenvalue weighted by Gasteiger charge is 2.16. The highest BCUT2D eigenvalue weighted by Crippen LogP contribution is 2.28. The minimum absolute atomic E-state index is 0.0407. The van der Waals surface area contributed by atoms with Crippen LogP contribution in [0.1, 0.15) is 45.1 Å². The molecule has 0 aliphatic carbocycles. The number of likely N-dealkylation sites (tertiary alicyclic amines) is 1. The highest BCUT2D eigenvalue weighted by atomic mass is 16.5. The zero-order valence-electron chi connectivity index (χ0n) is 15.3. The molecule has 1 amide bonds. The molecule has 6 nitrogen and oxygen atoms in total. The van der Waals surface area contributed by atoms with Crippen molar-refractivity contribution in [1.29, 1.82) is 0 Å². The van der Waals surface area contributed by atoms with Crippen LogP contribution in [0.2, 0.25) is 0 Å². The van der Waals surface area contributed by atoms with Gasteiger partial charge in [-0.15, -0.1) is 0 Å². The monoisotopic (exact) mass is 348 g/mol. The molecule has 25 heavy (non-hydrogen) atoms. The number of benzene rings is 1. The van der Waals surface area contributed by atoms with E-state index in [-0.39, 0.29) is 5.91 Å². The van der Waals surface area contributed by atoms with Gasteiger partial charge in [-0.25, -0.2) is 5.43 Å². The molecule has 1 aromatic carbocycles. The Balaban J connectivity index is 1.88. The average Bonchev–Trinajstić information content (AvgIpc) is 2.62. The fourth-order valence-corrected chi connectivity index (χ4v) is 2.88. The molecule has 1 heterocycles. The van der Waals surface area contributed by atoms with E-state index >= 15 is 0 Å². The van der Waals surface area contributed by atoms with Gasteiger partial charge in [0.05, 0.1) is 32.5 Å². The highest BCUT2D eigenvalue weighted by molar-refractivity contribution is 5.83. The van der Waals surface area contributed by atoms with E-state index in [1.165, 1.54) is 24.2 Å². The molecule has 1 fully saturated rings. The van der Waals surface area contributed by atoms with Crippen molar-refractivity contribution in [3.8, 4) is 11.5 Å². The second-order valence-corrected chi connectivity index (χ2v) is 6.27. The van der Waals surface area contributed by atoms with Crippen molar-refractivity contribution in [3.05, 3.63) is 23.8 Å². The van der Waals surface area contributed by atoms with Gasteiger partial charge < -0.3 is 14.4 Å². The summed E-state index contributed by atoms with van der Waals surface area (Å²) < 4.78 is 11.3. The van der Waals surface area contributed by atoms with E-state index in [4.69, 9.17) is 9.47 Å². The van der Waals surface area contributed by atoms with Crippen LogP contribution < -0.4 is 19.8 Å². The SMILES string of the molecule is CCCOc1ccc(/C=N\NC(=O)C[NH+]2CCCCC2)cc1OCC. The molecule has 1 aromatic rings. The molecule has 1 saturated heterocycles. The normalized spacial score (nSPS) is 15.3. The number of hydrazone groups is 1. The number of ether oxygens (including phenoxy) is 2. The summed E-state index contributed by atoms with van der Waals surface area (Å²) in [5.41, 5.74) is 3.48. The third-order valence-corrected chi connectivity index (χ3v) is 4.10. The van der Waals surface area contributed by atoms with Gasteiger partial charge in [0, 0.05) is 0 Å². The van der Waals surface area contributed by atoms with Crippen LogP contribution in [-0.4, -0.2) is 45.0 Å². The average molecular weight is 348 g/mol. The molecular formula is C19H30N3O3+. The second kappa shape index (κ2) is 10.7. The summed E-state index contributed by atoms with van der Waals surface area (Å²) in [4.78, 5) is 13.3. The lowest BCUT2D eigenvalue weighted by Crippen LogP contribution is -3.13. The van der Waals surface area contributed by atoms with E-state index in [1.54, 1.807) is 6.21 Å². The first-order chi connectivity index (χ1) is 12.2. The number of carbonyl (C=O) groups is 1. The van der Waals surface area contributed by atoms with Crippen LogP contribution in [0.25, 0.3) is 0 Å². The lowest BCUT2D eigenvalue weighted by molar-refractivity contribution is -0.896. The lowest BCUT2D eigenvalue weighted by atomic mass is 10.1. The predicted octanol–water partition coefficient (Wildman–Crippen LogP) is 1.39. The van der Waals surface area contributed by atoms with Crippen LogP contribution >= 0.6 is 0 Å². The van der Waals surface area contributed by atoms with Crippen LogP contribution in [0.4, 0.5) is 0 Å². The van der Waals surface area contributed by atoms with Gasteiger partial charge in [-0.05, 0) is 56.4 Å². The summed E-state index contributed by atoms with van der Waals surface area (Å²) >= 11 is 0. The molecule has 2 N–H and O–H groups in total. The predicted molar refractivity (Wildman–Crippen MR) is 98.5 cm³/mol. The molecule has 1 aliphatic heterocycles. The van der Waals surface area contributed by atoms with Gasteiger partial charge >= 0.3 is 0 Å². The fourth-order valence-electron chi connectivity index (χ4n) is 2.88. The van der Waals surface area contributed by atoms with E-state index in [2.05, 4.69) is 17.5 Å². The van der Waals surface area contributed by atoms with Gasteiger partial charge in [-0.1, -0.05) is 6.92 Å². The number of amides is 1. The molecule has 0 saturated carbocycles. The Hall–Kier alpha value is -2.08. The van der Waals surface area contributed by atoms with Crippen molar-refractivity contribution in [1.82, 2.24) is 5.43 Å². The number of piperidine rings is 1. The summed E-state index contributed by atoms with van der Waals surface area (Å²) in [5, 5.41) is 4.07. The van der Waals surface area contributed by atoms with Crippen molar-refractivity contribution in [3.63, 3.8) is 0 Å². The molecular weight excluding hydrogens is 318 g/mol. The van der Waals surface area contributed by atoms with Crippen LogP contribution in [0.15, 0.2) is 23.3 Å². The van der Waals surface area contributed by atoms with Crippen LogP contribution in [0.3, 0.4) is 0 Å². The van der Waals surface area contributed by atoms with Gasteiger partial charge in [0.1, 0.15) is 0 Å². The Kier molecular flexibility index (Phi) is 8.25. The summed E-state index contributed by atoms with van der Waals surface area (Å²) in [6.45, 7) is 7.87. The third-order valence-electron chi connectivity index (χ3n) is 4.10. The molecule has 0 spiro atoms. The van der Waals surface area contributed by atoms with Gasteiger partial charge in [-0.3, -0.25) is 4.79 Å². The molecule has 0 aromatic heterocycles. The minimum atomic E-state index is -0.0407. The van der Waals surface area contributed by atoms with Crippen molar-refractivity contribution >= 4 is 12.1 Å². The van der Waals surface area contributed by atoms with Crippen LogP contribution in [0.5, 0.6) is 11.5 Å². The first-order valence-corrected chi connectivity index (χ1v) is 9.28. The summed E-state index contributed by atoms with van der Waals surface area (Å²) in [6.07, 6.45) is 6.27. The molecule has 2 rings (SSSR count). The molecule has 1 aliphatic rings. The largest absolute Gasteiger partial charge is 0.490 e. The first-order valence-electron chi connectivity index (χ1n) is 9.28. The maximum atomic E-state index is 12.0. The number of nitrogens with one attached hydrogen (secondary N) is 2. The summed E-state index contributed by atoms with van der Waals surface area (Å²) in [5.74, 6) is 1.39. The van der Waals surface area contributed by atoms with E-state index in [0.29, 0.717) is 25.5 Å². The van der Waals surface area contributed by atoms with E-state index in [9.17, 15) is 4.79 Å². The van der Waals surface area contributed by atoms with E-state index < -0.39 is 0 Å². The van der Waals surface area contributed by atoms with Crippen molar-refractivity contribution < 1.29 is 19.2 Å². The minimum Gasteiger partial charge on any atom is -0.490 e. The Morgan fingerprint density at radius 2 is 2.00 bits per heavy atom. The zero-order valence-corrected chi connectivity index (χ0v) is 15.3.